The van der Waals surface area contributed by atoms with Gasteiger partial charge in [0.15, 0.2) is 0 Å². The third-order valence-electron chi connectivity index (χ3n) is 3.80. The highest BCUT2D eigenvalue weighted by Gasteiger charge is 2.33. The Balaban J connectivity index is 1.60. The van der Waals surface area contributed by atoms with Gasteiger partial charge in [0.05, 0.1) is 13.0 Å². The van der Waals surface area contributed by atoms with Crippen LogP contribution in [0.5, 0.6) is 5.75 Å². The van der Waals surface area contributed by atoms with Crippen molar-refractivity contribution in [1.29, 1.82) is 0 Å². The fraction of sp³-hybridized carbons (Fsp3) is 0.222. The Hall–Kier alpha value is -3.09. The molecule has 2 aromatic rings. The van der Waals surface area contributed by atoms with Crippen molar-refractivity contribution in [3.8, 4) is 5.75 Å². The van der Waals surface area contributed by atoms with E-state index in [2.05, 4.69) is 4.74 Å². The van der Waals surface area contributed by atoms with Crippen LogP contribution >= 0.6 is 0 Å². The van der Waals surface area contributed by atoms with E-state index in [9.17, 15) is 14.0 Å². The molecule has 0 aliphatic carbocycles. The maximum absolute atomic E-state index is 13.1. The zero-order valence-corrected chi connectivity index (χ0v) is 13.2. The first-order valence-corrected chi connectivity index (χ1v) is 7.68. The number of halogens is 1. The number of nitrogens with zero attached hydrogens (tertiary/aromatic N) is 1. The number of carboxylic acid groups (broad SMARTS) is 1. The van der Waals surface area contributed by atoms with E-state index in [1.807, 2.05) is 0 Å². The Morgan fingerprint density at radius 3 is 2.68 bits per heavy atom. The number of anilines is 1. The van der Waals surface area contributed by atoms with Gasteiger partial charge in [0.1, 0.15) is 24.3 Å². The van der Waals surface area contributed by atoms with Crippen LogP contribution in [0.4, 0.5) is 14.9 Å². The number of ether oxygens (including phenoxy) is 2. The molecule has 0 unspecified atom stereocenters. The highest BCUT2D eigenvalue weighted by molar-refractivity contribution is 5.96. The minimum Gasteiger partial charge on any atom is -0.489 e. The molecule has 0 radical (unpaired) electrons. The second-order valence-electron chi connectivity index (χ2n) is 5.63. The van der Waals surface area contributed by atoms with Crippen LogP contribution in [-0.4, -0.2) is 29.8 Å². The molecule has 7 heteroatoms. The van der Waals surface area contributed by atoms with Gasteiger partial charge in [0.25, 0.3) is 0 Å². The topological polar surface area (TPSA) is 76.1 Å². The van der Waals surface area contributed by atoms with Gasteiger partial charge in [0.2, 0.25) is 5.91 Å². The third-order valence-corrected chi connectivity index (χ3v) is 3.80. The Morgan fingerprint density at radius 1 is 1.24 bits per heavy atom. The molecule has 130 valence electrons. The summed E-state index contributed by atoms with van der Waals surface area (Å²) in [4.78, 5) is 24.0. The largest absolute Gasteiger partial charge is 0.506 e. The first-order chi connectivity index (χ1) is 12.0. The summed E-state index contributed by atoms with van der Waals surface area (Å²) in [6, 6.07) is 13.0. The first-order valence-electron chi connectivity index (χ1n) is 7.68. The van der Waals surface area contributed by atoms with E-state index in [0.29, 0.717) is 17.0 Å². The molecule has 1 saturated heterocycles. The van der Waals surface area contributed by atoms with Crippen molar-refractivity contribution in [2.75, 3.05) is 11.4 Å². The van der Waals surface area contributed by atoms with Gasteiger partial charge >= 0.3 is 6.16 Å². The van der Waals surface area contributed by atoms with Crippen molar-refractivity contribution >= 4 is 17.7 Å². The predicted octanol–water partition coefficient (Wildman–Crippen LogP) is 3.20. The zero-order chi connectivity index (χ0) is 17.8. The number of carbonyl (C=O) groups is 2. The van der Waals surface area contributed by atoms with Crippen molar-refractivity contribution < 1.29 is 28.6 Å². The van der Waals surface area contributed by atoms with Crippen LogP contribution in [0, 0.1) is 5.82 Å². The second kappa shape index (κ2) is 7.21. The van der Waals surface area contributed by atoms with Crippen LogP contribution in [-0.2, 0) is 16.1 Å². The monoisotopic (exact) mass is 345 g/mol. The van der Waals surface area contributed by atoms with Gasteiger partial charge in [-0.1, -0.05) is 12.1 Å². The molecule has 1 atom stereocenters. The average Bonchev–Trinajstić information content (AvgIpc) is 2.93. The number of benzene rings is 2. The van der Waals surface area contributed by atoms with Crippen LogP contribution in [0.2, 0.25) is 0 Å². The smallest absolute Gasteiger partial charge is 0.489 e. The first kappa shape index (κ1) is 16.8. The van der Waals surface area contributed by atoms with E-state index in [-0.39, 0.29) is 31.3 Å². The van der Waals surface area contributed by atoms with Gasteiger partial charge in [-0.2, -0.15) is 0 Å². The van der Waals surface area contributed by atoms with Crippen LogP contribution < -0.4 is 9.64 Å². The maximum Gasteiger partial charge on any atom is 0.506 e. The van der Waals surface area contributed by atoms with Crippen molar-refractivity contribution in [3.63, 3.8) is 0 Å². The summed E-state index contributed by atoms with van der Waals surface area (Å²) in [5.41, 5.74) is 1.35. The Kier molecular flexibility index (Phi) is 4.83. The third kappa shape index (κ3) is 4.26. The molecule has 2 aromatic carbocycles. The van der Waals surface area contributed by atoms with Crippen molar-refractivity contribution in [3.05, 3.63) is 59.9 Å². The standard InChI is InChI=1S/C18H16FNO5/c19-13-3-1-2-12(8-13)11-24-15-6-4-14(5-7-15)20-10-16(9-17(20)21)25-18(22)23/h1-8,16H,9-11H2,(H,22,23)/t16-/m0/s1. The zero-order valence-electron chi connectivity index (χ0n) is 13.2. The van der Waals surface area contributed by atoms with E-state index in [0.717, 1.165) is 0 Å². The molecule has 1 aliphatic rings. The molecule has 0 spiro atoms. The summed E-state index contributed by atoms with van der Waals surface area (Å²) in [6.07, 6.45) is -2.01. The molecular weight excluding hydrogens is 329 g/mol. The van der Waals surface area contributed by atoms with E-state index in [1.54, 1.807) is 36.4 Å². The van der Waals surface area contributed by atoms with Gasteiger partial charge < -0.3 is 19.5 Å². The minimum atomic E-state index is -1.39. The van der Waals surface area contributed by atoms with E-state index >= 15 is 0 Å². The fourth-order valence-corrected chi connectivity index (χ4v) is 2.66. The van der Waals surface area contributed by atoms with Crippen LogP contribution in [0.1, 0.15) is 12.0 Å². The van der Waals surface area contributed by atoms with E-state index in [1.165, 1.54) is 17.0 Å². The Bertz CT molecular complexity index is 777. The van der Waals surface area contributed by atoms with Crippen LogP contribution in [0.25, 0.3) is 0 Å². The number of hydrogen-bond donors (Lipinski definition) is 1. The molecule has 0 aromatic heterocycles. The summed E-state index contributed by atoms with van der Waals surface area (Å²) in [5, 5.41) is 8.63. The lowest BCUT2D eigenvalue weighted by Crippen LogP contribution is -2.26. The van der Waals surface area contributed by atoms with Gasteiger partial charge in [-0.25, -0.2) is 9.18 Å². The summed E-state index contributed by atoms with van der Waals surface area (Å²) in [6.45, 7) is 0.420. The molecule has 1 N–H and O–H groups in total. The highest BCUT2D eigenvalue weighted by atomic mass is 19.1. The number of rotatable bonds is 5. The molecule has 3 rings (SSSR count). The van der Waals surface area contributed by atoms with Crippen LogP contribution in [0.3, 0.4) is 0 Å². The maximum atomic E-state index is 13.1. The van der Waals surface area contributed by atoms with Gasteiger partial charge in [0, 0.05) is 5.69 Å². The molecule has 1 heterocycles. The molecule has 0 bridgehead atoms. The van der Waals surface area contributed by atoms with E-state index < -0.39 is 12.3 Å². The molecule has 1 aliphatic heterocycles. The lowest BCUT2D eigenvalue weighted by molar-refractivity contribution is -0.117. The van der Waals surface area contributed by atoms with Crippen molar-refractivity contribution in [1.82, 2.24) is 0 Å². The van der Waals surface area contributed by atoms with E-state index in [4.69, 9.17) is 9.84 Å². The Labute approximate surface area is 143 Å². The van der Waals surface area contributed by atoms with Gasteiger partial charge in [-0.3, -0.25) is 4.79 Å². The summed E-state index contributed by atoms with van der Waals surface area (Å²) >= 11 is 0. The molecule has 1 amide bonds. The molecule has 25 heavy (non-hydrogen) atoms. The molecule has 1 fully saturated rings. The fourth-order valence-electron chi connectivity index (χ4n) is 2.66. The quantitative estimate of drug-likeness (QED) is 0.842. The second-order valence-corrected chi connectivity index (χ2v) is 5.63. The Morgan fingerprint density at radius 2 is 2.00 bits per heavy atom. The molecular formula is C18H16FNO5. The average molecular weight is 345 g/mol. The molecule has 0 saturated carbocycles. The van der Waals surface area contributed by atoms with Gasteiger partial charge in [-0.05, 0) is 42.0 Å². The lowest BCUT2D eigenvalue weighted by Gasteiger charge is -2.17. The SMILES string of the molecule is O=C(O)O[C@H]1CC(=O)N(c2ccc(OCc3cccc(F)c3)cc2)C1. The lowest BCUT2D eigenvalue weighted by atomic mass is 10.2. The summed E-state index contributed by atoms with van der Waals surface area (Å²) in [7, 11) is 0. The minimum absolute atomic E-state index is 0.0319. The predicted molar refractivity (Wildman–Crippen MR) is 87.0 cm³/mol. The number of amides is 1. The normalized spacial score (nSPS) is 16.8. The van der Waals surface area contributed by atoms with Gasteiger partial charge in [-0.15, -0.1) is 0 Å². The number of carbonyl (C=O) groups excluding carboxylic acids is 1. The van der Waals surface area contributed by atoms with Crippen molar-refractivity contribution in [2.24, 2.45) is 0 Å². The van der Waals surface area contributed by atoms with Crippen LogP contribution in [0.15, 0.2) is 48.5 Å². The molecule has 6 nitrogen and oxygen atoms in total. The number of hydrogen-bond acceptors (Lipinski definition) is 4. The highest BCUT2D eigenvalue weighted by Crippen LogP contribution is 2.25. The summed E-state index contributed by atoms with van der Waals surface area (Å²) < 4.78 is 23.4. The van der Waals surface area contributed by atoms with Crippen molar-refractivity contribution in [2.45, 2.75) is 19.1 Å². The summed E-state index contributed by atoms with van der Waals surface area (Å²) in [5.74, 6) is 0.0693.